The van der Waals surface area contributed by atoms with Crippen molar-refractivity contribution in [3.63, 3.8) is 0 Å². The minimum atomic E-state index is -4.73. The molecule has 2 aromatic heterocycles. The third-order valence-electron chi connectivity index (χ3n) is 6.92. The van der Waals surface area contributed by atoms with Gasteiger partial charge in [-0.2, -0.15) is 13.2 Å². The smallest absolute Gasteiger partial charge is 0.412 e. The van der Waals surface area contributed by atoms with Crippen molar-refractivity contribution in [2.24, 2.45) is 17.3 Å². The average Bonchev–Trinajstić information content (AvgIpc) is 2.93. The minimum Gasteiger partial charge on any atom is -0.444 e. The Balaban J connectivity index is 2.03. The predicted octanol–water partition coefficient (Wildman–Crippen LogP) is 6.01. The predicted molar refractivity (Wildman–Crippen MR) is 165 cm³/mol. The van der Waals surface area contributed by atoms with Gasteiger partial charge in [0.1, 0.15) is 36.3 Å². The Bertz CT molecular complexity index is 1500. The van der Waals surface area contributed by atoms with Crippen LogP contribution in [0.4, 0.5) is 23.7 Å². The number of ether oxygens (including phenoxy) is 1. The van der Waals surface area contributed by atoms with E-state index >= 15 is 0 Å². The summed E-state index contributed by atoms with van der Waals surface area (Å²) in [5.41, 5.74) is -3.46. The highest BCUT2D eigenvalue weighted by Gasteiger charge is 2.61. The van der Waals surface area contributed by atoms with Crippen molar-refractivity contribution in [2.75, 3.05) is 5.32 Å². The first-order valence-corrected chi connectivity index (χ1v) is 16.7. The largest absolute Gasteiger partial charge is 0.444 e. The molecule has 14 heteroatoms. The summed E-state index contributed by atoms with van der Waals surface area (Å²) >= 11 is 0. The van der Waals surface area contributed by atoms with E-state index in [9.17, 15) is 27.6 Å². The molecule has 0 bridgehead atoms. The summed E-state index contributed by atoms with van der Waals surface area (Å²) in [7, 11) is -1.78. The van der Waals surface area contributed by atoms with Crippen molar-refractivity contribution in [3.8, 4) is 11.4 Å². The topological polar surface area (TPSA) is 124 Å². The number of halogens is 3. The number of nitrogens with zero attached hydrogens (tertiary/aromatic N) is 3. The zero-order valence-corrected chi connectivity index (χ0v) is 27.4. The molecule has 1 aromatic carbocycles. The fraction of sp³-hybridized carbons (Fsp3) is 0.452. The van der Waals surface area contributed by atoms with Crippen LogP contribution in [0, 0.1) is 17.3 Å². The first-order valence-electron chi connectivity index (χ1n) is 14.3. The summed E-state index contributed by atoms with van der Waals surface area (Å²) in [6, 6.07) is 11.8. The van der Waals surface area contributed by atoms with E-state index in [2.05, 4.69) is 20.6 Å². The molecule has 0 spiro atoms. The number of carbonyl (C=O) groups is 2. The van der Waals surface area contributed by atoms with Crippen LogP contribution < -0.4 is 16.2 Å². The van der Waals surface area contributed by atoms with Crippen molar-refractivity contribution in [3.05, 3.63) is 77.0 Å². The molecule has 0 aliphatic rings. The van der Waals surface area contributed by atoms with Crippen molar-refractivity contribution in [1.82, 2.24) is 19.9 Å². The van der Waals surface area contributed by atoms with Crippen LogP contribution in [0.2, 0.25) is 13.1 Å². The molecule has 2 heterocycles. The van der Waals surface area contributed by atoms with Crippen molar-refractivity contribution in [1.29, 1.82) is 0 Å². The summed E-state index contributed by atoms with van der Waals surface area (Å²) in [6.07, 6.45) is -1.47. The maximum atomic E-state index is 14.8. The normalized spacial score (nSPS) is 14.1. The summed E-state index contributed by atoms with van der Waals surface area (Å²) < 4.78 is 56.5. The molecule has 0 saturated carbocycles. The fourth-order valence-corrected chi connectivity index (χ4v) is 6.26. The monoisotopic (exact) mass is 646 g/mol. The molecule has 0 aliphatic heterocycles. The molecule has 2 N–H and O–H groups in total. The SMILES string of the molecule is CC(C)C(NC(=O)Cn1c(-c2ccccc2)ncc(NC(=O)OCc2ccncc2)c1=O)(O[Si](C)C)C(C(C)(C)C)C(F)(F)F. The Morgan fingerprint density at radius 2 is 1.64 bits per heavy atom. The summed E-state index contributed by atoms with van der Waals surface area (Å²) in [5, 5.41) is 4.92. The molecule has 2 atom stereocenters. The lowest BCUT2D eigenvalue weighted by Gasteiger charge is -2.50. The maximum absolute atomic E-state index is 14.8. The quantitative estimate of drug-likeness (QED) is 0.193. The maximum Gasteiger partial charge on any atom is 0.412 e. The van der Waals surface area contributed by atoms with E-state index in [-0.39, 0.29) is 18.1 Å². The second-order valence-electron chi connectivity index (χ2n) is 12.2. The Kier molecular flexibility index (Phi) is 11.3. The van der Waals surface area contributed by atoms with Crippen LogP contribution in [-0.4, -0.2) is 47.5 Å². The van der Waals surface area contributed by atoms with Crippen molar-refractivity contribution < 1.29 is 31.9 Å². The third-order valence-corrected chi connectivity index (χ3v) is 7.67. The molecule has 45 heavy (non-hydrogen) atoms. The Hall–Kier alpha value is -4.04. The summed E-state index contributed by atoms with van der Waals surface area (Å²) in [4.78, 5) is 48.2. The number of nitrogens with one attached hydrogen (secondary N) is 2. The first kappa shape index (κ1) is 35.4. The van der Waals surface area contributed by atoms with Crippen LogP contribution in [0.15, 0.2) is 65.8 Å². The van der Waals surface area contributed by atoms with Gasteiger partial charge in [0.15, 0.2) is 0 Å². The van der Waals surface area contributed by atoms with Gasteiger partial charge in [-0.15, -0.1) is 0 Å². The van der Waals surface area contributed by atoms with E-state index in [4.69, 9.17) is 9.16 Å². The first-order chi connectivity index (χ1) is 21.0. The lowest BCUT2D eigenvalue weighted by atomic mass is 9.70. The van der Waals surface area contributed by atoms with E-state index in [1.807, 2.05) is 0 Å². The highest BCUT2D eigenvalue weighted by molar-refractivity contribution is 6.48. The standard InChI is InChI=1S/C31H39F3N5O5Si/c1-20(2)30(44-45(6)7,27(29(3,4)5)31(32,33)34)38-24(40)18-39-25(22-11-9-8-10-12-22)36-17-23(26(39)41)37-28(42)43-19-21-13-15-35-16-14-21/h8-17,20,27H,18-19H2,1-7H3,(H,37,42)(H,38,40). The molecule has 0 fully saturated rings. The van der Waals surface area contributed by atoms with Crippen LogP contribution in [0.3, 0.4) is 0 Å². The van der Waals surface area contributed by atoms with Gasteiger partial charge in [0.2, 0.25) is 14.9 Å². The summed E-state index contributed by atoms with van der Waals surface area (Å²) in [5.74, 6) is -3.72. The van der Waals surface area contributed by atoms with Gasteiger partial charge >= 0.3 is 12.3 Å². The van der Waals surface area contributed by atoms with Gasteiger partial charge in [-0.3, -0.25) is 24.5 Å². The third kappa shape index (κ3) is 9.00. The van der Waals surface area contributed by atoms with Crippen LogP contribution in [0.5, 0.6) is 0 Å². The van der Waals surface area contributed by atoms with Gasteiger partial charge in [0.25, 0.3) is 5.56 Å². The van der Waals surface area contributed by atoms with Crippen LogP contribution in [0.1, 0.15) is 40.2 Å². The number of hydrogen-bond donors (Lipinski definition) is 2. The second kappa shape index (κ2) is 14.4. The lowest BCUT2D eigenvalue weighted by Crippen LogP contribution is -2.67. The number of benzene rings is 1. The highest BCUT2D eigenvalue weighted by Crippen LogP contribution is 2.49. The number of rotatable bonds is 11. The number of aromatic nitrogens is 3. The molecule has 2 unspecified atom stereocenters. The Labute approximate surface area is 262 Å². The second-order valence-corrected chi connectivity index (χ2v) is 14.2. The number of carbonyl (C=O) groups excluding carboxylic acids is 2. The zero-order valence-electron chi connectivity index (χ0n) is 26.4. The van der Waals surface area contributed by atoms with E-state index in [1.165, 1.54) is 33.2 Å². The molecule has 10 nitrogen and oxygen atoms in total. The van der Waals surface area contributed by atoms with Crippen molar-refractivity contribution >= 4 is 26.7 Å². The molecular weight excluding hydrogens is 607 g/mol. The number of hydrogen-bond acceptors (Lipinski definition) is 7. The van der Waals surface area contributed by atoms with Gasteiger partial charge < -0.3 is 14.5 Å². The molecular formula is C31H39F3N5O5Si. The minimum absolute atomic E-state index is 0.0708. The van der Waals surface area contributed by atoms with E-state index in [1.54, 1.807) is 69.4 Å². The fourth-order valence-electron chi connectivity index (χ4n) is 5.18. The number of anilines is 1. The van der Waals surface area contributed by atoms with E-state index < -0.39 is 62.3 Å². The van der Waals surface area contributed by atoms with Gasteiger partial charge in [0.05, 0.1) is 6.20 Å². The van der Waals surface area contributed by atoms with Crippen LogP contribution in [-0.2, 0) is 27.1 Å². The molecule has 0 aliphatic carbocycles. The molecule has 243 valence electrons. The van der Waals surface area contributed by atoms with Gasteiger partial charge in [-0.05, 0) is 36.2 Å². The molecule has 1 radical (unpaired) electrons. The lowest BCUT2D eigenvalue weighted by molar-refractivity contribution is -0.265. The molecule has 0 saturated heterocycles. The van der Waals surface area contributed by atoms with E-state index in [0.29, 0.717) is 11.1 Å². The van der Waals surface area contributed by atoms with Gasteiger partial charge in [-0.25, -0.2) is 9.78 Å². The van der Waals surface area contributed by atoms with Gasteiger partial charge in [-0.1, -0.05) is 65.0 Å². The van der Waals surface area contributed by atoms with Crippen LogP contribution in [0.25, 0.3) is 11.4 Å². The molecule has 3 aromatic rings. The molecule has 2 amide bonds. The number of pyridine rings is 1. The average molecular weight is 647 g/mol. The van der Waals surface area contributed by atoms with Gasteiger partial charge in [0, 0.05) is 23.9 Å². The molecule has 3 rings (SSSR count). The Morgan fingerprint density at radius 1 is 1.02 bits per heavy atom. The highest BCUT2D eigenvalue weighted by atomic mass is 28.3. The Morgan fingerprint density at radius 3 is 2.18 bits per heavy atom. The zero-order chi connectivity index (χ0) is 33.6. The summed E-state index contributed by atoms with van der Waals surface area (Å²) in [6.45, 7) is 10.0. The van der Waals surface area contributed by atoms with Crippen LogP contribution >= 0.6 is 0 Å². The van der Waals surface area contributed by atoms with E-state index in [0.717, 1.165) is 10.8 Å². The number of amides is 2. The number of alkyl halides is 3. The van der Waals surface area contributed by atoms with Crippen molar-refractivity contribution in [2.45, 2.75) is 72.8 Å².